The first-order valence-corrected chi connectivity index (χ1v) is 9.19. The maximum atomic E-state index is 12.9. The van der Waals surface area contributed by atoms with E-state index in [1.807, 2.05) is 12.1 Å². The number of hydrogen-bond donors (Lipinski definition) is 0. The van der Waals surface area contributed by atoms with Crippen LogP contribution < -0.4 is 9.64 Å². The summed E-state index contributed by atoms with van der Waals surface area (Å²) in [5, 5.41) is 0.615. The third kappa shape index (κ3) is 5.49. The van der Waals surface area contributed by atoms with Crippen LogP contribution in [0.2, 0.25) is 5.02 Å². The molecule has 0 bridgehead atoms. The van der Waals surface area contributed by atoms with Crippen LogP contribution in [0.1, 0.15) is 12.0 Å². The van der Waals surface area contributed by atoms with Gasteiger partial charge in [0.25, 0.3) is 0 Å². The lowest BCUT2D eigenvalue weighted by atomic mass is 10.2. The second-order valence-corrected chi connectivity index (χ2v) is 6.80. The van der Waals surface area contributed by atoms with E-state index < -0.39 is 11.7 Å². The second kappa shape index (κ2) is 8.80. The molecular formula is C19H21ClF3N3O. The zero-order chi connectivity index (χ0) is 19.3. The normalized spacial score (nSPS) is 15.8. The van der Waals surface area contributed by atoms with Crippen LogP contribution in [0.15, 0.2) is 42.6 Å². The predicted molar refractivity (Wildman–Crippen MR) is 99.5 cm³/mol. The third-order valence-electron chi connectivity index (χ3n) is 4.48. The third-order valence-corrected chi connectivity index (χ3v) is 4.70. The summed E-state index contributed by atoms with van der Waals surface area (Å²) < 4.78 is 44.2. The number of rotatable bonds is 6. The molecule has 4 nitrogen and oxygen atoms in total. The molecule has 0 saturated carbocycles. The van der Waals surface area contributed by atoms with Crippen molar-refractivity contribution >= 4 is 17.4 Å². The fourth-order valence-corrected chi connectivity index (χ4v) is 3.16. The fraction of sp³-hybridized carbons (Fsp3) is 0.421. The molecule has 0 amide bonds. The minimum Gasteiger partial charge on any atom is -0.493 e. The molecule has 27 heavy (non-hydrogen) atoms. The second-order valence-electron chi connectivity index (χ2n) is 6.36. The Hall–Kier alpha value is -1.99. The molecule has 2 heterocycles. The first kappa shape index (κ1) is 19.8. The van der Waals surface area contributed by atoms with Gasteiger partial charge in [0.1, 0.15) is 11.6 Å². The van der Waals surface area contributed by atoms with Gasteiger partial charge < -0.3 is 9.64 Å². The molecule has 0 unspecified atom stereocenters. The van der Waals surface area contributed by atoms with E-state index in [1.165, 1.54) is 12.1 Å². The maximum Gasteiger partial charge on any atom is 0.419 e. The van der Waals surface area contributed by atoms with E-state index >= 15 is 0 Å². The minimum atomic E-state index is -4.40. The number of hydrogen-bond acceptors (Lipinski definition) is 4. The highest BCUT2D eigenvalue weighted by atomic mass is 35.5. The van der Waals surface area contributed by atoms with Crippen LogP contribution in [0.25, 0.3) is 0 Å². The molecular weight excluding hydrogens is 379 g/mol. The van der Waals surface area contributed by atoms with E-state index in [1.54, 1.807) is 12.3 Å². The molecule has 1 aliphatic rings. The van der Waals surface area contributed by atoms with Gasteiger partial charge in [0.2, 0.25) is 0 Å². The molecule has 1 aliphatic heterocycles. The number of anilines is 1. The topological polar surface area (TPSA) is 28.6 Å². The van der Waals surface area contributed by atoms with Gasteiger partial charge in [0, 0.05) is 38.9 Å². The molecule has 0 atom stereocenters. The zero-order valence-electron chi connectivity index (χ0n) is 14.8. The molecule has 3 rings (SSSR count). The van der Waals surface area contributed by atoms with Crippen LogP contribution in [0.4, 0.5) is 19.0 Å². The molecule has 0 aliphatic carbocycles. The molecule has 8 heteroatoms. The summed E-state index contributed by atoms with van der Waals surface area (Å²) in [5.74, 6) is 0.801. The predicted octanol–water partition coefficient (Wildman–Crippen LogP) is 4.34. The lowest BCUT2D eigenvalue weighted by Gasteiger charge is -2.35. The van der Waals surface area contributed by atoms with Gasteiger partial charge in [0.05, 0.1) is 17.2 Å². The Bertz CT molecular complexity index is 732. The van der Waals surface area contributed by atoms with Crippen molar-refractivity contribution in [2.24, 2.45) is 0 Å². The van der Waals surface area contributed by atoms with E-state index in [-0.39, 0.29) is 12.4 Å². The average molecular weight is 400 g/mol. The number of ether oxygens (including phenoxy) is 1. The van der Waals surface area contributed by atoms with E-state index in [0.717, 1.165) is 44.6 Å². The van der Waals surface area contributed by atoms with Crippen molar-refractivity contribution in [1.82, 2.24) is 9.88 Å². The van der Waals surface area contributed by atoms with Crippen LogP contribution in [-0.4, -0.2) is 49.2 Å². The molecule has 0 radical (unpaired) electrons. The summed E-state index contributed by atoms with van der Waals surface area (Å²) in [6.45, 7) is 4.51. The van der Waals surface area contributed by atoms with Gasteiger partial charge in [-0.15, -0.1) is 0 Å². The summed E-state index contributed by atoms with van der Waals surface area (Å²) in [6, 6.07) is 9.05. The lowest BCUT2D eigenvalue weighted by molar-refractivity contribution is -0.138. The van der Waals surface area contributed by atoms with Crippen LogP contribution in [-0.2, 0) is 6.18 Å². The van der Waals surface area contributed by atoms with Gasteiger partial charge in [-0.1, -0.05) is 23.7 Å². The molecule has 1 aromatic carbocycles. The lowest BCUT2D eigenvalue weighted by Crippen LogP contribution is -2.47. The summed E-state index contributed by atoms with van der Waals surface area (Å²) in [5.41, 5.74) is -0.728. The molecule has 0 spiro atoms. The summed E-state index contributed by atoms with van der Waals surface area (Å²) in [6.07, 6.45) is -2.09. The van der Waals surface area contributed by atoms with Gasteiger partial charge in [0.15, 0.2) is 0 Å². The smallest absolute Gasteiger partial charge is 0.419 e. The summed E-state index contributed by atoms with van der Waals surface area (Å²) >= 11 is 5.86. The highest BCUT2D eigenvalue weighted by Gasteiger charge is 2.33. The summed E-state index contributed by atoms with van der Waals surface area (Å²) in [7, 11) is 0. The number of piperazine rings is 1. The number of alkyl halides is 3. The molecule has 1 aromatic heterocycles. The molecule has 1 saturated heterocycles. The molecule has 0 N–H and O–H groups in total. The van der Waals surface area contributed by atoms with E-state index in [4.69, 9.17) is 16.3 Å². The highest BCUT2D eigenvalue weighted by molar-refractivity contribution is 6.30. The monoisotopic (exact) mass is 399 g/mol. The van der Waals surface area contributed by atoms with Crippen LogP contribution in [0, 0.1) is 0 Å². The Morgan fingerprint density at radius 2 is 1.78 bits per heavy atom. The van der Waals surface area contributed by atoms with Crippen molar-refractivity contribution in [2.75, 3.05) is 44.2 Å². The molecule has 146 valence electrons. The molecule has 1 fully saturated rings. The quantitative estimate of drug-likeness (QED) is 0.675. The maximum absolute atomic E-state index is 12.9. The zero-order valence-corrected chi connectivity index (χ0v) is 15.5. The Kier molecular flexibility index (Phi) is 6.44. The van der Waals surface area contributed by atoms with E-state index in [9.17, 15) is 13.2 Å². The van der Waals surface area contributed by atoms with Gasteiger partial charge in [-0.2, -0.15) is 13.2 Å². The van der Waals surface area contributed by atoms with E-state index in [0.29, 0.717) is 11.4 Å². The van der Waals surface area contributed by atoms with Crippen molar-refractivity contribution in [3.05, 3.63) is 53.2 Å². The largest absolute Gasteiger partial charge is 0.493 e. The first-order valence-electron chi connectivity index (χ1n) is 8.81. The van der Waals surface area contributed by atoms with Crippen molar-refractivity contribution < 1.29 is 17.9 Å². The Balaban J connectivity index is 1.41. The Labute approximate surface area is 161 Å². The fourth-order valence-electron chi connectivity index (χ4n) is 3.05. The molecule has 2 aromatic rings. The number of halogens is 4. The Morgan fingerprint density at radius 1 is 1.04 bits per heavy atom. The number of para-hydroxylation sites is 1. The van der Waals surface area contributed by atoms with Crippen molar-refractivity contribution in [2.45, 2.75) is 12.6 Å². The number of pyridine rings is 1. The number of nitrogens with zero attached hydrogens (tertiary/aromatic N) is 3. The average Bonchev–Trinajstić information content (AvgIpc) is 2.66. The number of benzene rings is 1. The van der Waals surface area contributed by atoms with Crippen molar-refractivity contribution in [3.63, 3.8) is 0 Å². The van der Waals surface area contributed by atoms with Crippen molar-refractivity contribution in [3.8, 4) is 5.75 Å². The Morgan fingerprint density at radius 3 is 2.44 bits per heavy atom. The van der Waals surface area contributed by atoms with E-state index in [2.05, 4.69) is 14.8 Å². The van der Waals surface area contributed by atoms with Gasteiger partial charge in [-0.25, -0.2) is 4.98 Å². The standard InChI is InChI=1S/C19H21ClF3N3O/c20-15-6-7-18(24-14-15)26-11-9-25(10-12-26)8-3-13-27-17-5-2-1-4-16(17)19(21,22)23/h1-2,4-7,14H,3,8-13H2. The van der Waals surface area contributed by atoms with Crippen molar-refractivity contribution in [1.29, 1.82) is 0 Å². The minimum absolute atomic E-state index is 0.108. The van der Waals surface area contributed by atoms with Gasteiger partial charge >= 0.3 is 6.18 Å². The van der Waals surface area contributed by atoms with Crippen LogP contribution in [0.5, 0.6) is 5.75 Å². The number of aromatic nitrogens is 1. The SMILES string of the molecule is FC(F)(F)c1ccccc1OCCCN1CCN(c2ccc(Cl)cn2)CC1. The first-order chi connectivity index (χ1) is 12.9. The van der Waals surface area contributed by atoms with Gasteiger partial charge in [-0.3, -0.25) is 4.90 Å². The highest BCUT2D eigenvalue weighted by Crippen LogP contribution is 2.35. The van der Waals surface area contributed by atoms with Crippen LogP contribution in [0.3, 0.4) is 0 Å². The van der Waals surface area contributed by atoms with Gasteiger partial charge in [-0.05, 0) is 30.7 Å². The summed E-state index contributed by atoms with van der Waals surface area (Å²) in [4.78, 5) is 8.81. The van der Waals surface area contributed by atoms with Crippen LogP contribution >= 0.6 is 11.6 Å².